The summed E-state index contributed by atoms with van der Waals surface area (Å²) in [4.78, 5) is 11.0. The van der Waals surface area contributed by atoms with Gasteiger partial charge in [0.2, 0.25) is 6.29 Å². The summed E-state index contributed by atoms with van der Waals surface area (Å²) in [6.45, 7) is 12.2. The molecular formula is C10H14O3. The highest BCUT2D eigenvalue weighted by molar-refractivity contribution is 5.87. The summed E-state index contributed by atoms with van der Waals surface area (Å²) in [5, 5.41) is 0. The summed E-state index contributed by atoms with van der Waals surface area (Å²) < 4.78 is 9.88. The second-order valence-corrected chi connectivity index (χ2v) is 2.41. The Morgan fingerprint density at radius 3 is 2.54 bits per heavy atom. The van der Waals surface area contributed by atoms with E-state index in [1.165, 1.54) is 6.08 Å². The van der Waals surface area contributed by atoms with Gasteiger partial charge in [0.15, 0.2) is 0 Å². The van der Waals surface area contributed by atoms with Crippen molar-refractivity contribution in [2.24, 2.45) is 0 Å². The van der Waals surface area contributed by atoms with Crippen molar-refractivity contribution in [3.8, 4) is 0 Å². The average molecular weight is 182 g/mol. The molecule has 0 saturated carbocycles. The van der Waals surface area contributed by atoms with Crippen LogP contribution in [0.3, 0.4) is 0 Å². The molecule has 0 amide bonds. The van der Waals surface area contributed by atoms with Crippen molar-refractivity contribution in [3.05, 3.63) is 37.5 Å². The molecule has 0 radical (unpaired) electrons. The van der Waals surface area contributed by atoms with Gasteiger partial charge in [0.25, 0.3) is 0 Å². The van der Waals surface area contributed by atoms with Crippen LogP contribution in [-0.4, -0.2) is 18.9 Å². The first kappa shape index (κ1) is 11.6. The number of esters is 1. The van der Waals surface area contributed by atoms with Crippen LogP contribution in [-0.2, 0) is 14.3 Å². The van der Waals surface area contributed by atoms with Crippen molar-refractivity contribution >= 4 is 5.97 Å². The number of carbonyl (C=O) groups is 1. The van der Waals surface area contributed by atoms with Gasteiger partial charge in [0, 0.05) is 5.57 Å². The zero-order valence-electron chi connectivity index (χ0n) is 7.79. The minimum absolute atomic E-state index is 0.306. The molecule has 72 valence electrons. The first-order valence-electron chi connectivity index (χ1n) is 3.83. The van der Waals surface area contributed by atoms with Gasteiger partial charge in [-0.25, -0.2) is 4.79 Å². The molecular weight excluding hydrogens is 168 g/mol. The predicted octanol–water partition coefficient (Wildman–Crippen LogP) is 1.82. The van der Waals surface area contributed by atoms with Gasteiger partial charge in [-0.3, -0.25) is 0 Å². The molecule has 0 aromatic heterocycles. The molecule has 0 bridgehead atoms. The van der Waals surface area contributed by atoms with Crippen molar-refractivity contribution in [2.45, 2.75) is 13.2 Å². The quantitative estimate of drug-likeness (QED) is 0.272. The molecule has 0 heterocycles. The number of hydrogen-bond donors (Lipinski definition) is 0. The summed E-state index contributed by atoms with van der Waals surface area (Å²) in [7, 11) is 0. The molecule has 0 aliphatic heterocycles. The van der Waals surface area contributed by atoms with Crippen LogP contribution in [0.5, 0.6) is 0 Å². The van der Waals surface area contributed by atoms with Crippen LogP contribution in [0.25, 0.3) is 0 Å². The lowest BCUT2D eigenvalue weighted by molar-refractivity contribution is -0.162. The van der Waals surface area contributed by atoms with E-state index in [9.17, 15) is 4.79 Å². The Labute approximate surface area is 78.3 Å². The second kappa shape index (κ2) is 6.20. The third kappa shape index (κ3) is 4.98. The van der Waals surface area contributed by atoms with E-state index in [-0.39, 0.29) is 0 Å². The number of hydrogen-bond acceptors (Lipinski definition) is 3. The molecule has 13 heavy (non-hydrogen) atoms. The Morgan fingerprint density at radius 2 is 2.15 bits per heavy atom. The van der Waals surface area contributed by atoms with Crippen molar-refractivity contribution in [1.82, 2.24) is 0 Å². The lowest BCUT2D eigenvalue weighted by Gasteiger charge is -2.13. The van der Waals surface area contributed by atoms with Gasteiger partial charge in [-0.2, -0.15) is 0 Å². The van der Waals surface area contributed by atoms with E-state index in [1.807, 2.05) is 0 Å². The first-order valence-corrected chi connectivity index (χ1v) is 3.83. The van der Waals surface area contributed by atoms with Crippen molar-refractivity contribution in [3.63, 3.8) is 0 Å². The fourth-order valence-corrected chi connectivity index (χ4v) is 0.519. The van der Waals surface area contributed by atoms with Gasteiger partial charge in [-0.15, -0.1) is 6.58 Å². The average Bonchev–Trinajstić information content (AvgIpc) is 2.11. The van der Waals surface area contributed by atoms with E-state index >= 15 is 0 Å². The van der Waals surface area contributed by atoms with E-state index < -0.39 is 12.3 Å². The summed E-state index contributed by atoms with van der Waals surface area (Å²) in [5.74, 6) is -0.492. The first-order chi connectivity index (χ1) is 6.11. The summed E-state index contributed by atoms with van der Waals surface area (Å²) in [5.41, 5.74) is 0.328. The molecule has 1 atom stereocenters. The smallest absolute Gasteiger partial charge is 0.335 e. The molecule has 0 N–H and O–H groups in total. The molecule has 0 aromatic rings. The lowest BCUT2D eigenvalue weighted by Crippen LogP contribution is -2.19. The molecule has 0 fully saturated rings. The van der Waals surface area contributed by atoms with Gasteiger partial charge in [-0.1, -0.05) is 19.2 Å². The van der Waals surface area contributed by atoms with Crippen molar-refractivity contribution in [2.75, 3.05) is 6.61 Å². The van der Waals surface area contributed by atoms with Crippen LogP contribution in [0.1, 0.15) is 6.92 Å². The highest BCUT2D eigenvalue weighted by Gasteiger charge is 2.10. The maximum atomic E-state index is 11.0. The number of carbonyl (C=O) groups excluding carboxylic acids is 1. The zero-order chi connectivity index (χ0) is 10.3. The molecule has 0 aromatic carbocycles. The monoisotopic (exact) mass is 182 g/mol. The van der Waals surface area contributed by atoms with E-state index in [4.69, 9.17) is 9.47 Å². The predicted molar refractivity (Wildman–Crippen MR) is 51.0 cm³/mol. The van der Waals surface area contributed by atoms with E-state index in [0.717, 1.165) is 0 Å². The van der Waals surface area contributed by atoms with Gasteiger partial charge in [-0.05, 0) is 13.0 Å². The highest BCUT2D eigenvalue weighted by Crippen LogP contribution is 2.01. The Hall–Kier alpha value is -1.35. The standard InChI is InChI=1S/C10H14O3/c1-5-7-12-9(6-2)13-10(11)8(3)4/h5-6,9H,1-3,7H2,4H3. The van der Waals surface area contributed by atoms with Crippen molar-refractivity contribution < 1.29 is 14.3 Å². The summed E-state index contributed by atoms with van der Waals surface area (Å²) in [6.07, 6.45) is 2.22. The van der Waals surface area contributed by atoms with Crippen LogP contribution < -0.4 is 0 Å². The molecule has 0 rings (SSSR count). The number of ether oxygens (including phenoxy) is 2. The Morgan fingerprint density at radius 1 is 1.54 bits per heavy atom. The Bertz CT molecular complexity index is 218. The maximum absolute atomic E-state index is 11.0. The molecule has 1 unspecified atom stereocenters. The van der Waals surface area contributed by atoms with E-state index in [0.29, 0.717) is 12.2 Å². The molecule has 3 nitrogen and oxygen atoms in total. The Kier molecular flexibility index (Phi) is 5.55. The SMILES string of the molecule is C=CCOC(C=C)OC(=O)C(=C)C. The molecule has 0 saturated heterocycles. The molecule has 0 aliphatic rings. The zero-order valence-corrected chi connectivity index (χ0v) is 7.79. The van der Waals surface area contributed by atoms with Crippen LogP contribution >= 0.6 is 0 Å². The fourth-order valence-electron chi connectivity index (χ4n) is 0.519. The Balaban J connectivity index is 3.96. The van der Waals surface area contributed by atoms with Gasteiger partial charge < -0.3 is 9.47 Å². The summed E-state index contributed by atoms with van der Waals surface area (Å²) in [6, 6.07) is 0. The van der Waals surface area contributed by atoms with Crippen LogP contribution in [0, 0.1) is 0 Å². The minimum atomic E-state index is -0.734. The van der Waals surface area contributed by atoms with Gasteiger partial charge >= 0.3 is 5.97 Å². The topological polar surface area (TPSA) is 35.5 Å². The van der Waals surface area contributed by atoms with Crippen LogP contribution in [0.4, 0.5) is 0 Å². The second-order valence-electron chi connectivity index (χ2n) is 2.41. The van der Waals surface area contributed by atoms with Gasteiger partial charge in [0.05, 0.1) is 6.61 Å². The van der Waals surface area contributed by atoms with E-state index in [2.05, 4.69) is 19.7 Å². The normalized spacial score (nSPS) is 11.5. The van der Waals surface area contributed by atoms with Crippen molar-refractivity contribution in [1.29, 1.82) is 0 Å². The largest absolute Gasteiger partial charge is 0.429 e. The minimum Gasteiger partial charge on any atom is -0.429 e. The lowest BCUT2D eigenvalue weighted by atomic mass is 10.4. The highest BCUT2D eigenvalue weighted by atomic mass is 16.7. The van der Waals surface area contributed by atoms with E-state index in [1.54, 1.807) is 13.0 Å². The maximum Gasteiger partial charge on any atom is 0.335 e. The molecule has 0 aliphatic carbocycles. The third-order valence-electron chi connectivity index (χ3n) is 1.14. The fraction of sp³-hybridized carbons (Fsp3) is 0.300. The van der Waals surface area contributed by atoms with Crippen LogP contribution in [0.2, 0.25) is 0 Å². The number of rotatable bonds is 6. The van der Waals surface area contributed by atoms with Crippen LogP contribution in [0.15, 0.2) is 37.5 Å². The van der Waals surface area contributed by atoms with Gasteiger partial charge in [0.1, 0.15) is 0 Å². The molecule has 3 heteroatoms. The third-order valence-corrected chi connectivity index (χ3v) is 1.14. The summed E-state index contributed by atoms with van der Waals surface area (Å²) >= 11 is 0. The molecule has 0 spiro atoms.